The van der Waals surface area contributed by atoms with Crippen LogP contribution in [0, 0.1) is 0 Å². The Kier molecular flexibility index (Phi) is 4.96. The van der Waals surface area contributed by atoms with E-state index in [0.29, 0.717) is 41.1 Å². The van der Waals surface area contributed by atoms with Gasteiger partial charge in [-0.1, -0.05) is 48.5 Å². The normalized spacial score (nSPS) is 14.6. The monoisotopic (exact) mass is 413 g/mol. The van der Waals surface area contributed by atoms with Crippen LogP contribution in [0.2, 0.25) is 0 Å². The third kappa shape index (κ3) is 3.37. The molecule has 1 atom stereocenters. The SMILES string of the molecule is COc1ccccc1-c1coc2c3c(ccc2c1=O)OCN([C@@H](C)c1ccccc1)C3. The number of rotatable bonds is 4. The Balaban J connectivity index is 1.57. The van der Waals surface area contributed by atoms with E-state index in [1.807, 2.05) is 48.5 Å². The van der Waals surface area contributed by atoms with E-state index < -0.39 is 0 Å². The van der Waals surface area contributed by atoms with Crippen LogP contribution < -0.4 is 14.9 Å². The molecule has 31 heavy (non-hydrogen) atoms. The third-order valence-corrected chi connectivity index (χ3v) is 5.98. The maximum atomic E-state index is 13.3. The van der Waals surface area contributed by atoms with Gasteiger partial charge in [0, 0.05) is 18.2 Å². The number of nitrogens with zero attached hydrogens (tertiary/aromatic N) is 1. The highest BCUT2D eigenvalue weighted by atomic mass is 16.5. The minimum Gasteiger partial charge on any atom is -0.496 e. The summed E-state index contributed by atoms with van der Waals surface area (Å²) in [6.45, 7) is 3.28. The quantitative estimate of drug-likeness (QED) is 0.449. The number of ether oxygens (including phenoxy) is 2. The highest BCUT2D eigenvalue weighted by Gasteiger charge is 2.26. The molecule has 5 nitrogen and oxygen atoms in total. The molecule has 0 radical (unpaired) electrons. The number of hydrogen-bond donors (Lipinski definition) is 0. The molecule has 1 aliphatic heterocycles. The maximum Gasteiger partial charge on any atom is 0.200 e. The topological polar surface area (TPSA) is 51.9 Å². The first-order chi connectivity index (χ1) is 15.2. The van der Waals surface area contributed by atoms with Crippen molar-refractivity contribution in [1.29, 1.82) is 0 Å². The lowest BCUT2D eigenvalue weighted by atomic mass is 10.0. The highest BCUT2D eigenvalue weighted by molar-refractivity contribution is 5.86. The van der Waals surface area contributed by atoms with Gasteiger partial charge < -0.3 is 13.9 Å². The fraction of sp³-hybridized carbons (Fsp3) is 0.192. The van der Waals surface area contributed by atoms with E-state index in [1.54, 1.807) is 13.2 Å². The average molecular weight is 413 g/mol. The summed E-state index contributed by atoms with van der Waals surface area (Å²) in [7, 11) is 1.59. The molecule has 0 aliphatic carbocycles. The zero-order chi connectivity index (χ0) is 21.4. The van der Waals surface area contributed by atoms with E-state index in [4.69, 9.17) is 13.9 Å². The van der Waals surface area contributed by atoms with E-state index in [9.17, 15) is 4.79 Å². The lowest BCUT2D eigenvalue weighted by Crippen LogP contribution is -2.34. The van der Waals surface area contributed by atoms with Gasteiger partial charge in [0.2, 0.25) is 5.43 Å². The molecule has 0 fully saturated rings. The minimum absolute atomic E-state index is 0.0817. The third-order valence-electron chi connectivity index (χ3n) is 5.98. The van der Waals surface area contributed by atoms with Crippen molar-refractivity contribution >= 4 is 11.0 Å². The summed E-state index contributed by atoms with van der Waals surface area (Å²) in [5.41, 5.74) is 3.81. The molecule has 0 saturated heterocycles. The second kappa shape index (κ2) is 7.93. The molecule has 0 bridgehead atoms. The molecule has 5 heteroatoms. The zero-order valence-electron chi connectivity index (χ0n) is 17.5. The van der Waals surface area contributed by atoms with Gasteiger partial charge in [-0.05, 0) is 30.7 Å². The first-order valence-corrected chi connectivity index (χ1v) is 10.3. The van der Waals surface area contributed by atoms with Crippen LogP contribution in [0.1, 0.15) is 24.1 Å². The van der Waals surface area contributed by atoms with Gasteiger partial charge in [-0.2, -0.15) is 0 Å². The molecule has 0 N–H and O–H groups in total. The molecule has 156 valence electrons. The van der Waals surface area contributed by atoms with Crippen LogP contribution in [-0.2, 0) is 6.54 Å². The van der Waals surface area contributed by atoms with Gasteiger partial charge in [0.25, 0.3) is 0 Å². The van der Waals surface area contributed by atoms with Crippen LogP contribution in [0.25, 0.3) is 22.1 Å². The van der Waals surface area contributed by atoms with Crippen LogP contribution in [0.15, 0.2) is 82.2 Å². The molecule has 0 amide bonds. The molecule has 2 heterocycles. The van der Waals surface area contributed by atoms with Crippen molar-refractivity contribution in [2.75, 3.05) is 13.8 Å². The Morgan fingerprint density at radius 2 is 1.74 bits per heavy atom. The zero-order valence-corrected chi connectivity index (χ0v) is 17.5. The molecule has 0 spiro atoms. The van der Waals surface area contributed by atoms with E-state index in [0.717, 1.165) is 11.3 Å². The van der Waals surface area contributed by atoms with Crippen LogP contribution in [0.4, 0.5) is 0 Å². The van der Waals surface area contributed by atoms with Crippen molar-refractivity contribution in [3.05, 3.63) is 94.3 Å². The van der Waals surface area contributed by atoms with Gasteiger partial charge in [-0.3, -0.25) is 9.69 Å². The molecule has 5 rings (SSSR count). The smallest absolute Gasteiger partial charge is 0.200 e. The van der Waals surface area contributed by atoms with Crippen molar-refractivity contribution in [2.24, 2.45) is 0 Å². The average Bonchev–Trinajstić information content (AvgIpc) is 2.84. The summed E-state index contributed by atoms with van der Waals surface area (Å²) < 4.78 is 17.5. The molecule has 4 aromatic rings. The predicted octanol–water partition coefficient (Wildman–Crippen LogP) is 5.38. The van der Waals surface area contributed by atoms with Gasteiger partial charge >= 0.3 is 0 Å². The summed E-state index contributed by atoms with van der Waals surface area (Å²) >= 11 is 0. The van der Waals surface area contributed by atoms with Gasteiger partial charge in [-0.25, -0.2) is 0 Å². The number of benzene rings is 3. The molecule has 3 aromatic carbocycles. The number of methoxy groups -OCH3 is 1. The van der Waals surface area contributed by atoms with Crippen molar-refractivity contribution in [3.63, 3.8) is 0 Å². The second-order valence-corrected chi connectivity index (χ2v) is 7.70. The molecule has 1 aromatic heterocycles. The lowest BCUT2D eigenvalue weighted by Gasteiger charge is -2.34. The van der Waals surface area contributed by atoms with E-state index in [2.05, 4.69) is 24.0 Å². The van der Waals surface area contributed by atoms with Gasteiger partial charge in [0.15, 0.2) is 0 Å². The number of fused-ring (bicyclic) bond motifs is 3. The molecular formula is C26H23NO4. The van der Waals surface area contributed by atoms with Gasteiger partial charge in [-0.15, -0.1) is 0 Å². The van der Waals surface area contributed by atoms with E-state index in [1.165, 1.54) is 11.8 Å². The van der Waals surface area contributed by atoms with Crippen LogP contribution in [0.5, 0.6) is 11.5 Å². The summed E-state index contributed by atoms with van der Waals surface area (Å²) in [4.78, 5) is 15.6. The van der Waals surface area contributed by atoms with Crippen LogP contribution in [-0.4, -0.2) is 18.7 Å². The largest absolute Gasteiger partial charge is 0.496 e. The maximum absolute atomic E-state index is 13.3. The fourth-order valence-electron chi connectivity index (χ4n) is 4.17. The van der Waals surface area contributed by atoms with Crippen molar-refractivity contribution in [2.45, 2.75) is 19.5 Å². The van der Waals surface area contributed by atoms with Gasteiger partial charge in [0.05, 0.1) is 23.6 Å². The number of para-hydroxylation sites is 1. The van der Waals surface area contributed by atoms with E-state index >= 15 is 0 Å². The summed E-state index contributed by atoms with van der Waals surface area (Å²) in [6, 6.07) is 21.6. The Hall–Kier alpha value is -3.57. The Bertz CT molecular complexity index is 1300. The van der Waals surface area contributed by atoms with E-state index in [-0.39, 0.29) is 11.5 Å². The van der Waals surface area contributed by atoms with Crippen LogP contribution in [0.3, 0.4) is 0 Å². The Labute approximate surface area is 180 Å². The highest BCUT2D eigenvalue weighted by Crippen LogP contribution is 2.36. The molecule has 0 unspecified atom stereocenters. The Morgan fingerprint density at radius 1 is 0.968 bits per heavy atom. The standard InChI is InChI=1S/C26H23NO4/c1-17(18-8-4-3-5-9-18)27-14-21-24(31-16-27)13-12-20-25(28)22(15-30-26(20)21)19-10-6-7-11-23(19)29-2/h3-13,15,17H,14,16H2,1-2H3/t17-/m0/s1. The number of hydrogen-bond acceptors (Lipinski definition) is 5. The van der Waals surface area contributed by atoms with Crippen molar-refractivity contribution < 1.29 is 13.9 Å². The summed E-state index contributed by atoms with van der Waals surface area (Å²) in [5, 5.41) is 0.542. The molecule has 1 aliphatic rings. The lowest BCUT2D eigenvalue weighted by molar-refractivity contribution is 0.0620. The first-order valence-electron chi connectivity index (χ1n) is 10.3. The first kappa shape index (κ1) is 19.4. The minimum atomic E-state index is -0.0817. The van der Waals surface area contributed by atoms with Crippen LogP contribution >= 0.6 is 0 Å². The summed E-state index contributed by atoms with van der Waals surface area (Å²) in [5.74, 6) is 1.40. The van der Waals surface area contributed by atoms with Gasteiger partial charge in [0.1, 0.15) is 30.1 Å². The summed E-state index contributed by atoms with van der Waals surface area (Å²) in [6.07, 6.45) is 1.53. The fourth-order valence-corrected chi connectivity index (χ4v) is 4.17. The Morgan fingerprint density at radius 3 is 2.55 bits per heavy atom. The van der Waals surface area contributed by atoms with Crippen molar-refractivity contribution in [3.8, 4) is 22.6 Å². The van der Waals surface area contributed by atoms with Crippen molar-refractivity contribution in [1.82, 2.24) is 4.90 Å². The second-order valence-electron chi connectivity index (χ2n) is 7.70. The molecule has 0 saturated carbocycles. The molecular weight excluding hydrogens is 390 g/mol. The predicted molar refractivity (Wildman–Crippen MR) is 120 cm³/mol.